The number of sulfonamides is 1. The lowest BCUT2D eigenvalue weighted by Crippen LogP contribution is -2.49. The lowest BCUT2D eigenvalue weighted by Gasteiger charge is -2.34. The van der Waals surface area contributed by atoms with Crippen LogP contribution < -0.4 is 5.32 Å². The molecule has 1 aliphatic rings. The van der Waals surface area contributed by atoms with Crippen LogP contribution in [0.15, 0.2) is 40.9 Å². The summed E-state index contributed by atoms with van der Waals surface area (Å²) in [5, 5.41) is 2.69. The van der Waals surface area contributed by atoms with Crippen LogP contribution in [0.25, 0.3) is 11.3 Å². The molecule has 2 heterocycles. The number of carbonyl (C=O) groups is 1. The second-order valence-electron chi connectivity index (χ2n) is 7.58. The number of rotatable bonds is 9. The third-order valence-corrected chi connectivity index (χ3v) is 6.67. The Labute approximate surface area is 177 Å². The van der Waals surface area contributed by atoms with Crippen LogP contribution in [0.5, 0.6) is 0 Å². The topological polar surface area (TPSA) is 102 Å². The van der Waals surface area contributed by atoms with Crippen LogP contribution in [-0.4, -0.2) is 61.2 Å². The maximum atomic E-state index is 12.5. The summed E-state index contributed by atoms with van der Waals surface area (Å²) < 4.78 is 37.7. The molecule has 9 heteroatoms. The molecule has 30 heavy (non-hydrogen) atoms. The highest BCUT2D eigenvalue weighted by Gasteiger charge is 2.30. The summed E-state index contributed by atoms with van der Waals surface area (Å²) in [7, 11) is -3.42. The normalized spacial score (nSPS) is 20.2. The molecule has 1 aliphatic heterocycles. The Bertz CT molecular complexity index is 919. The van der Waals surface area contributed by atoms with E-state index in [9.17, 15) is 13.2 Å². The van der Waals surface area contributed by atoms with Gasteiger partial charge in [0.1, 0.15) is 0 Å². The number of ether oxygens (including phenoxy) is 1. The van der Waals surface area contributed by atoms with E-state index in [4.69, 9.17) is 9.15 Å². The number of oxazole rings is 1. The first-order chi connectivity index (χ1) is 14.3. The van der Waals surface area contributed by atoms with E-state index >= 15 is 0 Å². The van der Waals surface area contributed by atoms with Gasteiger partial charge >= 0.3 is 0 Å². The Kier molecular flexibility index (Phi) is 7.63. The quantitative estimate of drug-likeness (QED) is 0.648. The maximum Gasteiger partial charge on any atom is 0.220 e. The third-order valence-electron chi connectivity index (χ3n) is 4.87. The van der Waals surface area contributed by atoms with E-state index in [-0.39, 0.29) is 36.8 Å². The van der Waals surface area contributed by atoms with Gasteiger partial charge < -0.3 is 14.5 Å². The molecule has 0 spiro atoms. The fourth-order valence-corrected chi connectivity index (χ4v) is 4.95. The van der Waals surface area contributed by atoms with E-state index in [2.05, 4.69) is 10.3 Å². The number of nitrogens with one attached hydrogen (secondary N) is 1. The van der Waals surface area contributed by atoms with E-state index in [0.717, 1.165) is 5.56 Å². The Morgan fingerprint density at radius 2 is 1.90 bits per heavy atom. The van der Waals surface area contributed by atoms with Gasteiger partial charge in [-0.3, -0.25) is 4.79 Å². The van der Waals surface area contributed by atoms with Crippen molar-refractivity contribution in [3.05, 3.63) is 42.4 Å². The van der Waals surface area contributed by atoms with Gasteiger partial charge in [-0.25, -0.2) is 13.4 Å². The summed E-state index contributed by atoms with van der Waals surface area (Å²) in [6, 6.07) is 9.70. The minimum absolute atomic E-state index is 0.0957. The lowest BCUT2D eigenvalue weighted by atomic mass is 10.2. The highest BCUT2D eigenvalue weighted by atomic mass is 32.2. The molecular formula is C21H29N3O5S. The SMILES string of the molecule is CC1CN(S(=O)(=O)CCNC(=O)CCCc2ncc(-c3ccccc3)o2)CC(C)O1. The number of benzene rings is 1. The highest BCUT2D eigenvalue weighted by Crippen LogP contribution is 2.20. The van der Waals surface area contributed by atoms with Crippen molar-refractivity contribution < 1.29 is 22.4 Å². The molecule has 0 saturated carbocycles. The minimum Gasteiger partial charge on any atom is -0.441 e. The molecule has 164 valence electrons. The molecule has 1 amide bonds. The Morgan fingerprint density at radius 3 is 2.60 bits per heavy atom. The van der Waals surface area contributed by atoms with Crippen molar-refractivity contribution in [1.29, 1.82) is 0 Å². The monoisotopic (exact) mass is 435 g/mol. The summed E-state index contributed by atoms with van der Waals surface area (Å²) in [6.45, 7) is 4.51. The van der Waals surface area contributed by atoms with Crippen LogP contribution in [0.1, 0.15) is 32.6 Å². The predicted octanol–water partition coefficient (Wildman–Crippen LogP) is 2.22. The molecule has 1 aromatic carbocycles. The van der Waals surface area contributed by atoms with Crippen molar-refractivity contribution in [3.63, 3.8) is 0 Å². The molecule has 2 aromatic rings. The molecule has 0 radical (unpaired) electrons. The van der Waals surface area contributed by atoms with Gasteiger partial charge in [-0.2, -0.15) is 4.31 Å². The molecular weight excluding hydrogens is 406 g/mol. The first-order valence-electron chi connectivity index (χ1n) is 10.2. The van der Waals surface area contributed by atoms with Gasteiger partial charge in [0.2, 0.25) is 15.9 Å². The van der Waals surface area contributed by atoms with Crippen LogP contribution in [0.4, 0.5) is 0 Å². The van der Waals surface area contributed by atoms with Crippen LogP contribution in [-0.2, 0) is 26.0 Å². The van der Waals surface area contributed by atoms with E-state index in [0.29, 0.717) is 37.6 Å². The van der Waals surface area contributed by atoms with Gasteiger partial charge in [0.25, 0.3) is 0 Å². The van der Waals surface area contributed by atoms with Crippen molar-refractivity contribution >= 4 is 15.9 Å². The highest BCUT2D eigenvalue weighted by molar-refractivity contribution is 7.89. The fraction of sp³-hybridized carbons (Fsp3) is 0.524. The number of carbonyl (C=O) groups excluding carboxylic acids is 1. The summed E-state index contributed by atoms with van der Waals surface area (Å²) >= 11 is 0. The van der Waals surface area contributed by atoms with Crippen LogP contribution >= 0.6 is 0 Å². The largest absolute Gasteiger partial charge is 0.441 e. The van der Waals surface area contributed by atoms with Crippen molar-refractivity contribution in [1.82, 2.24) is 14.6 Å². The van der Waals surface area contributed by atoms with Gasteiger partial charge in [-0.05, 0) is 20.3 Å². The fourth-order valence-electron chi connectivity index (χ4n) is 3.46. The maximum absolute atomic E-state index is 12.5. The number of nitrogens with zero attached hydrogens (tertiary/aromatic N) is 2. The molecule has 8 nitrogen and oxygen atoms in total. The first kappa shape index (κ1) is 22.5. The molecule has 2 atom stereocenters. The number of hydrogen-bond donors (Lipinski definition) is 1. The Balaban J connectivity index is 1.37. The number of amides is 1. The van der Waals surface area contributed by atoms with Crippen molar-refractivity contribution in [2.24, 2.45) is 0 Å². The molecule has 1 fully saturated rings. The molecule has 1 saturated heterocycles. The van der Waals surface area contributed by atoms with Gasteiger partial charge in [-0.1, -0.05) is 30.3 Å². The van der Waals surface area contributed by atoms with Gasteiger partial charge in [-0.15, -0.1) is 0 Å². The van der Waals surface area contributed by atoms with E-state index in [1.807, 2.05) is 44.2 Å². The second-order valence-corrected chi connectivity index (χ2v) is 9.67. The van der Waals surface area contributed by atoms with Gasteiger partial charge in [0, 0.05) is 38.0 Å². The summed E-state index contributed by atoms with van der Waals surface area (Å²) in [6.07, 6.45) is 2.83. The standard InChI is InChI=1S/C21H29N3O5S/c1-16-14-24(15-17(2)28-16)30(26,27)12-11-22-20(25)9-6-10-21-23-13-19(29-21)18-7-4-3-5-8-18/h3-5,7-8,13,16-17H,6,9-12,14-15H2,1-2H3,(H,22,25). The molecule has 0 bridgehead atoms. The first-order valence-corrected chi connectivity index (χ1v) is 11.8. The van der Waals surface area contributed by atoms with Crippen LogP contribution in [0.2, 0.25) is 0 Å². The smallest absolute Gasteiger partial charge is 0.220 e. The minimum atomic E-state index is -3.42. The predicted molar refractivity (Wildman–Crippen MR) is 113 cm³/mol. The molecule has 1 aromatic heterocycles. The van der Waals surface area contributed by atoms with Gasteiger partial charge in [0.15, 0.2) is 11.7 Å². The van der Waals surface area contributed by atoms with E-state index in [1.54, 1.807) is 6.20 Å². The summed E-state index contributed by atoms with van der Waals surface area (Å²) in [4.78, 5) is 16.3. The molecule has 1 N–H and O–H groups in total. The Morgan fingerprint density at radius 1 is 1.20 bits per heavy atom. The number of aromatic nitrogens is 1. The lowest BCUT2D eigenvalue weighted by molar-refractivity contribution is -0.121. The number of aryl methyl sites for hydroxylation is 1. The molecule has 0 aliphatic carbocycles. The van der Waals surface area contributed by atoms with Crippen molar-refractivity contribution in [3.8, 4) is 11.3 Å². The van der Waals surface area contributed by atoms with Crippen LogP contribution in [0, 0.1) is 0 Å². The van der Waals surface area contributed by atoms with Gasteiger partial charge in [0.05, 0.1) is 24.2 Å². The zero-order valence-corrected chi connectivity index (χ0v) is 18.2. The summed E-state index contributed by atoms with van der Waals surface area (Å²) in [5.41, 5.74) is 0.958. The van der Waals surface area contributed by atoms with Crippen molar-refractivity contribution in [2.75, 3.05) is 25.4 Å². The average Bonchev–Trinajstić information content (AvgIpc) is 3.17. The van der Waals surface area contributed by atoms with Crippen LogP contribution in [0.3, 0.4) is 0 Å². The molecule has 3 rings (SSSR count). The zero-order chi connectivity index (χ0) is 21.6. The number of morpholine rings is 1. The average molecular weight is 436 g/mol. The van der Waals surface area contributed by atoms with Crippen molar-refractivity contribution in [2.45, 2.75) is 45.3 Å². The van der Waals surface area contributed by atoms with E-state index in [1.165, 1.54) is 4.31 Å². The second kappa shape index (κ2) is 10.2. The zero-order valence-electron chi connectivity index (χ0n) is 17.4. The van der Waals surface area contributed by atoms with E-state index < -0.39 is 10.0 Å². The summed E-state index contributed by atoms with van der Waals surface area (Å²) in [5.74, 6) is 0.994. The third kappa shape index (κ3) is 6.38. The Hall–Kier alpha value is -2.23. The number of hydrogen-bond acceptors (Lipinski definition) is 6. The molecule has 2 unspecified atom stereocenters.